The van der Waals surface area contributed by atoms with Crippen molar-refractivity contribution in [2.24, 2.45) is 14.1 Å². The molecule has 2 N–H and O–H groups in total. The highest BCUT2D eigenvalue weighted by Crippen LogP contribution is 2.28. The molecule has 8 nitrogen and oxygen atoms in total. The van der Waals surface area contributed by atoms with Crippen molar-refractivity contribution in [3.05, 3.63) is 40.8 Å². The van der Waals surface area contributed by atoms with Crippen LogP contribution in [0.25, 0.3) is 11.3 Å². The zero-order valence-electron chi connectivity index (χ0n) is 15.3. The number of aromatic nitrogens is 4. The number of carbonyl (C=O) groups excluding carboxylic acids is 1. The van der Waals surface area contributed by atoms with E-state index in [1.54, 1.807) is 22.2 Å². The van der Waals surface area contributed by atoms with Gasteiger partial charge in [-0.1, -0.05) is 0 Å². The van der Waals surface area contributed by atoms with Crippen molar-refractivity contribution in [1.29, 1.82) is 0 Å². The maximum atomic E-state index is 12.5. The Morgan fingerprint density at radius 3 is 2.96 bits per heavy atom. The smallest absolute Gasteiger partial charge is 0.320 e. The van der Waals surface area contributed by atoms with E-state index in [4.69, 9.17) is 4.74 Å². The Hall–Kier alpha value is -2.65. The normalized spacial score (nSPS) is 19.8. The van der Waals surface area contributed by atoms with Crippen molar-refractivity contribution in [2.45, 2.75) is 25.0 Å². The number of rotatable bonds is 4. The number of nitrogens with zero attached hydrogens (tertiary/aromatic N) is 4. The number of hydrogen-bond acceptors (Lipinski definition) is 5. The van der Waals surface area contributed by atoms with Gasteiger partial charge in [0.15, 0.2) is 0 Å². The van der Waals surface area contributed by atoms with Crippen LogP contribution in [0.1, 0.15) is 24.6 Å². The summed E-state index contributed by atoms with van der Waals surface area (Å²) < 4.78 is 9.34. The van der Waals surface area contributed by atoms with Crippen molar-refractivity contribution in [3.8, 4) is 11.3 Å². The van der Waals surface area contributed by atoms with Gasteiger partial charge < -0.3 is 10.1 Å². The molecule has 2 unspecified atom stereocenters. The summed E-state index contributed by atoms with van der Waals surface area (Å²) in [4.78, 5) is 12.5. The predicted octanol–water partition coefficient (Wildman–Crippen LogP) is 2.92. The minimum atomic E-state index is -0.231. The van der Waals surface area contributed by atoms with Gasteiger partial charge in [0.05, 0.1) is 11.4 Å². The molecule has 27 heavy (non-hydrogen) atoms. The van der Waals surface area contributed by atoms with Crippen LogP contribution in [0.3, 0.4) is 0 Å². The van der Waals surface area contributed by atoms with E-state index in [1.165, 1.54) is 0 Å². The Morgan fingerprint density at radius 1 is 1.33 bits per heavy atom. The van der Waals surface area contributed by atoms with E-state index < -0.39 is 0 Å². The fraction of sp³-hybridized carbons (Fsp3) is 0.389. The van der Waals surface area contributed by atoms with Crippen LogP contribution in [-0.4, -0.2) is 38.2 Å². The molecule has 9 heteroatoms. The minimum Gasteiger partial charge on any atom is -0.372 e. The van der Waals surface area contributed by atoms with Crippen LogP contribution in [0.5, 0.6) is 0 Å². The first-order valence-electron chi connectivity index (χ1n) is 8.84. The summed E-state index contributed by atoms with van der Waals surface area (Å²) in [7, 11) is 3.72. The number of hydrogen-bond donors (Lipinski definition) is 2. The van der Waals surface area contributed by atoms with E-state index in [1.807, 2.05) is 47.7 Å². The summed E-state index contributed by atoms with van der Waals surface area (Å²) in [5.74, 6) is 0.656. The van der Waals surface area contributed by atoms with Gasteiger partial charge in [-0.25, -0.2) is 4.79 Å². The number of ether oxygens (including phenoxy) is 1. The first-order chi connectivity index (χ1) is 13.1. The summed E-state index contributed by atoms with van der Waals surface area (Å²) in [5, 5.41) is 18.6. The molecular weight excluding hydrogens is 364 g/mol. The first-order valence-corrected chi connectivity index (χ1v) is 9.78. The number of nitrogens with one attached hydrogen (secondary N) is 2. The Morgan fingerprint density at radius 2 is 2.22 bits per heavy atom. The molecule has 0 aromatic carbocycles. The quantitative estimate of drug-likeness (QED) is 0.722. The van der Waals surface area contributed by atoms with Crippen LogP contribution in [0.4, 0.5) is 10.6 Å². The standard InChI is InChI=1S/C18H22N6O2S/c1-23-15(3-6-19-23)16-9-13(4-7-26-16)20-18(25)21-17-10-14(22-24(17)2)12-5-8-27-11-12/h3,5-6,8,10-11,13,16H,4,7,9H2,1-2H3,(H2,20,21,25). The molecule has 2 amide bonds. The van der Waals surface area contributed by atoms with E-state index in [9.17, 15) is 4.79 Å². The van der Waals surface area contributed by atoms with Crippen LogP contribution in [0, 0.1) is 0 Å². The van der Waals surface area contributed by atoms with Crippen molar-refractivity contribution >= 4 is 23.2 Å². The summed E-state index contributed by atoms with van der Waals surface area (Å²) in [6, 6.07) is 5.66. The lowest BCUT2D eigenvalue weighted by Gasteiger charge is -2.30. The molecule has 0 saturated carbocycles. The van der Waals surface area contributed by atoms with Crippen molar-refractivity contribution in [3.63, 3.8) is 0 Å². The molecule has 0 aliphatic carbocycles. The molecule has 1 aliphatic rings. The number of urea groups is 1. The lowest BCUT2D eigenvalue weighted by Crippen LogP contribution is -2.42. The molecular formula is C18H22N6O2S. The number of aryl methyl sites for hydroxylation is 2. The first kappa shape index (κ1) is 17.7. The Kier molecular flexibility index (Phi) is 4.95. The number of thiophene rings is 1. The van der Waals surface area contributed by atoms with Crippen molar-refractivity contribution in [1.82, 2.24) is 24.9 Å². The van der Waals surface area contributed by atoms with Crippen molar-refractivity contribution < 1.29 is 9.53 Å². The third kappa shape index (κ3) is 3.88. The zero-order valence-corrected chi connectivity index (χ0v) is 16.1. The predicted molar refractivity (Wildman–Crippen MR) is 104 cm³/mol. The molecule has 0 spiro atoms. The van der Waals surface area contributed by atoms with E-state index in [-0.39, 0.29) is 18.2 Å². The van der Waals surface area contributed by atoms with E-state index in [2.05, 4.69) is 20.8 Å². The van der Waals surface area contributed by atoms with E-state index in [0.717, 1.165) is 29.8 Å². The lowest BCUT2D eigenvalue weighted by molar-refractivity contribution is -0.00204. The molecule has 0 radical (unpaired) electrons. The van der Waals surface area contributed by atoms with Gasteiger partial charge in [0.2, 0.25) is 0 Å². The second kappa shape index (κ2) is 7.53. The summed E-state index contributed by atoms with van der Waals surface area (Å²) in [6.45, 7) is 0.606. The Balaban J connectivity index is 1.37. The van der Waals surface area contributed by atoms with Crippen LogP contribution < -0.4 is 10.6 Å². The molecule has 3 aromatic rings. The third-order valence-corrected chi connectivity index (χ3v) is 5.43. The fourth-order valence-electron chi connectivity index (χ4n) is 3.31. The molecule has 1 aliphatic heterocycles. The van der Waals surface area contributed by atoms with Gasteiger partial charge in [-0.15, -0.1) is 0 Å². The summed E-state index contributed by atoms with van der Waals surface area (Å²) in [6.07, 6.45) is 3.21. The van der Waals surface area contributed by atoms with Gasteiger partial charge in [-0.3, -0.25) is 14.7 Å². The topological polar surface area (TPSA) is 86.0 Å². The van der Waals surface area contributed by atoms with Gasteiger partial charge in [0, 0.05) is 50.0 Å². The highest BCUT2D eigenvalue weighted by atomic mass is 32.1. The summed E-state index contributed by atoms with van der Waals surface area (Å²) >= 11 is 1.62. The van der Waals surface area contributed by atoms with Crippen LogP contribution in [-0.2, 0) is 18.8 Å². The van der Waals surface area contributed by atoms with Crippen molar-refractivity contribution in [2.75, 3.05) is 11.9 Å². The number of anilines is 1. The molecule has 142 valence electrons. The van der Waals surface area contributed by atoms with E-state index >= 15 is 0 Å². The van der Waals surface area contributed by atoms with Crippen LogP contribution in [0.2, 0.25) is 0 Å². The van der Waals surface area contributed by atoms with Gasteiger partial charge in [-0.05, 0) is 30.4 Å². The molecule has 0 bridgehead atoms. The maximum Gasteiger partial charge on any atom is 0.320 e. The fourth-order valence-corrected chi connectivity index (χ4v) is 3.96. The molecule has 1 saturated heterocycles. The van der Waals surface area contributed by atoms with Gasteiger partial charge in [0.1, 0.15) is 11.9 Å². The highest BCUT2D eigenvalue weighted by Gasteiger charge is 2.27. The second-order valence-electron chi connectivity index (χ2n) is 6.61. The van der Waals surface area contributed by atoms with Gasteiger partial charge in [0.25, 0.3) is 0 Å². The van der Waals surface area contributed by atoms with Crippen LogP contribution in [0.15, 0.2) is 35.2 Å². The Labute approximate surface area is 161 Å². The monoisotopic (exact) mass is 386 g/mol. The molecule has 2 atom stereocenters. The van der Waals surface area contributed by atoms with Crippen LogP contribution >= 0.6 is 11.3 Å². The van der Waals surface area contributed by atoms with E-state index in [0.29, 0.717) is 12.4 Å². The average Bonchev–Trinajstić information content (AvgIpc) is 3.37. The molecule has 4 heterocycles. The van der Waals surface area contributed by atoms with Gasteiger partial charge >= 0.3 is 6.03 Å². The molecule has 3 aromatic heterocycles. The van der Waals surface area contributed by atoms with Gasteiger partial charge in [-0.2, -0.15) is 21.5 Å². The minimum absolute atomic E-state index is 0.0446. The number of carbonyl (C=O) groups is 1. The second-order valence-corrected chi connectivity index (χ2v) is 7.39. The molecule has 4 rings (SSSR count). The lowest BCUT2D eigenvalue weighted by atomic mass is 10.0. The maximum absolute atomic E-state index is 12.5. The largest absolute Gasteiger partial charge is 0.372 e. The number of amides is 2. The Bertz CT molecular complexity index is 916. The third-order valence-electron chi connectivity index (χ3n) is 4.75. The average molecular weight is 386 g/mol. The SMILES string of the molecule is Cn1nc(-c2ccsc2)cc1NC(=O)NC1CCOC(c2ccnn2C)C1. The summed E-state index contributed by atoms with van der Waals surface area (Å²) in [5.41, 5.74) is 2.91. The zero-order chi connectivity index (χ0) is 18.8. The molecule has 1 fully saturated rings. The highest BCUT2D eigenvalue weighted by molar-refractivity contribution is 7.08.